The number of ketones is 1. The Morgan fingerprint density at radius 3 is 2.69 bits per heavy atom. The van der Waals surface area contributed by atoms with E-state index < -0.39 is 11.9 Å². The van der Waals surface area contributed by atoms with E-state index in [1.165, 1.54) is 23.8 Å². The lowest BCUT2D eigenvalue weighted by molar-refractivity contribution is -0.141. The average molecular weight is 358 g/mol. The van der Waals surface area contributed by atoms with Crippen molar-refractivity contribution in [3.05, 3.63) is 47.1 Å². The molecule has 0 spiro atoms. The second kappa shape index (κ2) is 8.70. The number of phenolic OH excluding ortho intramolecular Hbond substituents is 2. The van der Waals surface area contributed by atoms with Gasteiger partial charge in [-0.1, -0.05) is 23.3 Å². The minimum absolute atomic E-state index is 0.0210. The Bertz CT molecular complexity index is 741. The van der Waals surface area contributed by atoms with E-state index in [4.69, 9.17) is 4.74 Å². The molecule has 1 aromatic carbocycles. The van der Waals surface area contributed by atoms with Crippen LogP contribution in [-0.2, 0) is 9.53 Å². The van der Waals surface area contributed by atoms with Crippen LogP contribution in [0.25, 0.3) is 0 Å². The van der Waals surface area contributed by atoms with Crippen LogP contribution in [0.2, 0.25) is 0 Å². The summed E-state index contributed by atoms with van der Waals surface area (Å²) in [4.78, 5) is 24.6. The van der Waals surface area contributed by atoms with Crippen LogP contribution in [0.5, 0.6) is 11.5 Å². The van der Waals surface area contributed by atoms with Gasteiger partial charge in [0, 0.05) is 12.3 Å². The van der Waals surface area contributed by atoms with Crippen molar-refractivity contribution < 1.29 is 24.5 Å². The van der Waals surface area contributed by atoms with E-state index in [1.807, 2.05) is 13.0 Å². The van der Waals surface area contributed by atoms with E-state index in [1.54, 1.807) is 0 Å². The van der Waals surface area contributed by atoms with Gasteiger partial charge in [-0.05, 0) is 51.8 Å². The van der Waals surface area contributed by atoms with E-state index in [0.29, 0.717) is 0 Å². The van der Waals surface area contributed by atoms with E-state index in [-0.39, 0.29) is 41.8 Å². The third kappa shape index (κ3) is 5.22. The standard InChI is InChI=1S/C21H26O5/c1-13(2)5-4-6-14(3)9-15-12-26-21(25)17(15)11-20(24)18-10-16(22)7-8-19(18)23/h5,7-10,15,17,22-23H,4,6,11-12H2,1-3H3/b14-9+/t15-,17-/m1/s1. The number of carbonyl (C=O) groups excluding carboxylic acids is 2. The van der Waals surface area contributed by atoms with E-state index in [0.717, 1.165) is 18.4 Å². The van der Waals surface area contributed by atoms with Gasteiger partial charge in [-0.3, -0.25) is 9.59 Å². The number of carbonyl (C=O) groups is 2. The fraction of sp³-hybridized carbons (Fsp3) is 0.429. The smallest absolute Gasteiger partial charge is 0.310 e. The number of benzene rings is 1. The number of Topliss-reactive ketones (excluding diaryl/α,β-unsaturated/α-hetero) is 1. The molecule has 1 saturated heterocycles. The molecule has 0 aliphatic carbocycles. The zero-order valence-corrected chi connectivity index (χ0v) is 15.5. The lowest BCUT2D eigenvalue weighted by atomic mass is 9.87. The van der Waals surface area contributed by atoms with Gasteiger partial charge in [-0.25, -0.2) is 0 Å². The molecule has 0 saturated carbocycles. The number of allylic oxidation sites excluding steroid dienone is 3. The van der Waals surface area contributed by atoms with Gasteiger partial charge in [0.1, 0.15) is 11.5 Å². The summed E-state index contributed by atoms with van der Waals surface area (Å²) in [6.07, 6.45) is 5.96. The van der Waals surface area contributed by atoms with Crippen molar-refractivity contribution in [3.63, 3.8) is 0 Å². The summed E-state index contributed by atoms with van der Waals surface area (Å²) >= 11 is 0. The number of rotatable bonds is 7. The number of phenols is 2. The summed E-state index contributed by atoms with van der Waals surface area (Å²) < 4.78 is 5.15. The van der Waals surface area contributed by atoms with Gasteiger partial charge in [-0.2, -0.15) is 0 Å². The molecule has 2 N–H and O–H groups in total. The van der Waals surface area contributed by atoms with E-state index in [9.17, 15) is 19.8 Å². The average Bonchev–Trinajstić information content (AvgIpc) is 2.89. The summed E-state index contributed by atoms with van der Waals surface area (Å²) in [5.74, 6) is -1.81. The van der Waals surface area contributed by atoms with Crippen LogP contribution in [0.15, 0.2) is 41.5 Å². The van der Waals surface area contributed by atoms with Crippen molar-refractivity contribution in [2.45, 2.75) is 40.0 Å². The van der Waals surface area contributed by atoms with Crippen molar-refractivity contribution in [1.82, 2.24) is 0 Å². The number of hydrogen-bond donors (Lipinski definition) is 2. The first-order valence-corrected chi connectivity index (χ1v) is 8.80. The molecule has 5 nitrogen and oxygen atoms in total. The molecule has 0 unspecified atom stereocenters. The maximum absolute atomic E-state index is 12.5. The first-order valence-electron chi connectivity index (χ1n) is 8.80. The number of aromatic hydroxyl groups is 2. The molecular weight excluding hydrogens is 332 g/mol. The van der Waals surface area contributed by atoms with Gasteiger partial charge < -0.3 is 14.9 Å². The topological polar surface area (TPSA) is 83.8 Å². The molecule has 1 aromatic rings. The highest BCUT2D eigenvalue weighted by Gasteiger charge is 2.37. The van der Waals surface area contributed by atoms with Gasteiger partial charge in [0.05, 0.1) is 18.1 Å². The quantitative estimate of drug-likeness (QED) is 0.331. The highest BCUT2D eigenvalue weighted by atomic mass is 16.5. The maximum atomic E-state index is 12.5. The SMILES string of the molecule is CC(C)=CCC/C(C)=C/[C@@H]1COC(=O)[C@@H]1CC(=O)c1cc(O)ccc1O. The molecule has 1 aliphatic heterocycles. The van der Waals surface area contributed by atoms with Crippen molar-refractivity contribution in [2.75, 3.05) is 6.61 Å². The Labute approximate surface area is 154 Å². The minimum atomic E-state index is -0.567. The highest BCUT2D eigenvalue weighted by molar-refractivity contribution is 6.00. The molecule has 140 valence electrons. The summed E-state index contributed by atoms with van der Waals surface area (Å²) in [6, 6.07) is 3.78. The predicted molar refractivity (Wildman–Crippen MR) is 99.1 cm³/mol. The molecule has 1 aliphatic rings. The Morgan fingerprint density at radius 2 is 2.00 bits per heavy atom. The van der Waals surface area contributed by atoms with Gasteiger partial charge >= 0.3 is 5.97 Å². The van der Waals surface area contributed by atoms with Crippen LogP contribution < -0.4 is 0 Å². The van der Waals surface area contributed by atoms with Gasteiger partial charge in [-0.15, -0.1) is 0 Å². The van der Waals surface area contributed by atoms with Gasteiger partial charge in [0.25, 0.3) is 0 Å². The Balaban J connectivity index is 2.08. The molecule has 1 heterocycles. The number of hydrogen-bond acceptors (Lipinski definition) is 5. The second-order valence-corrected chi connectivity index (χ2v) is 7.06. The number of esters is 1. The molecule has 26 heavy (non-hydrogen) atoms. The van der Waals surface area contributed by atoms with Crippen molar-refractivity contribution >= 4 is 11.8 Å². The normalized spacial score (nSPS) is 20.0. The summed E-state index contributed by atoms with van der Waals surface area (Å²) in [6.45, 7) is 6.40. The first kappa shape index (κ1) is 19.8. The second-order valence-electron chi connectivity index (χ2n) is 7.06. The Kier molecular flexibility index (Phi) is 6.61. The lowest BCUT2D eigenvalue weighted by Gasteiger charge is -2.13. The molecule has 0 bridgehead atoms. The van der Waals surface area contributed by atoms with Gasteiger partial charge in [0.15, 0.2) is 5.78 Å². The Hall–Kier alpha value is -2.56. The molecule has 0 radical (unpaired) electrons. The van der Waals surface area contributed by atoms with Crippen molar-refractivity contribution in [3.8, 4) is 11.5 Å². The predicted octanol–water partition coefficient (Wildman–Crippen LogP) is 4.15. The molecular formula is C21H26O5. The van der Waals surface area contributed by atoms with Crippen LogP contribution in [0.4, 0.5) is 0 Å². The zero-order chi connectivity index (χ0) is 19.3. The third-order valence-corrected chi connectivity index (χ3v) is 4.51. The van der Waals surface area contributed by atoms with Gasteiger partial charge in [0.2, 0.25) is 0 Å². The molecule has 0 aromatic heterocycles. The summed E-state index contributed by atoms with van der Waals surface area (Å²) in [5, 5.41) is 19.4. The summed E-state index contributed by atoms with van der Waals surface area (Å²) in [7, 11) is 0. The maximum Gasteiger partial charge on any atom is 0.310 e. The highest BCUT2D eigenvalue weighted by Crippen LogP contribution is 2.31. The van der Waals surface area contributed by atoms with Crippen LogP contribution in [0.1, 0.15) is 50.4 Å². The molecule has 5 heteroatoms. The first-order chi connectivity index (χ1) is 12.3. The molecule has 0 amide bonds. The monoisotopic (exact) mass is 358 g/mol. The molecule has 1 fully saturated rings. The number of ether oxygens (including phenoxy) is 1. The van der Waals surface area contributed by atoms with Crippen LogP contribution >= 0.6 is 0 Å². The summed E-state index contributed by atoms with van der Waals surface area (Å²) in [5.41, 5.74) is 2.45. The van der Waals surface area contributed by atoms with E-state index in [2.05, 4.69) is 19.9 Å². The number of cyclic esters (lactones) is 1. The molecule has 2 atom stereocenters. The minimum Gasteiger partial charge on any atom is -0.508 e. The fourth-order valence-electron chi connectivity index (χ4n) is 3.07. The van der Waals surface area contributed by atoms with Crippen molar-refractivity contribution in [1.29, 1.82) is 0 Å². The van der Waals surface area contributed by atoms with Crippen LogP contribution in [-0.4, -0.2) is 28.6 Å². The Morgan fingerprint density at radius 1 is 1.27 bits per heavy atom. The van der Waals surface area contributed by atoms with E-state index >= 15 is 0 Å². The fourth-order valence-corrected chi connectivity index (χ4v) is 3.07. The van der Waals surface area contributed by atoms with Crippen LogP contribution in [0, 0.1) is 11.8 Å². The largest absolute Gasteiger partial charge is 0.508 e. The lowest BCUT2D eigenvalue weighted by Crippen LogP contribution is -2.19. The molecule has 2 rings (SSSR count). The third-order valence-electron chi connectivity index (χ3n) is 4.51. The van der Waals surface area contributed by atoms with Crippen molar-refractivity contribution in [2.24, 2.45) is 11.8 Å². The van der Waals surface area contributed by atoms with Crippen LogP contribution in [0.3, 0.4) is 0 Å². The zero-order valence-electron chi connectivity index (χ0n) is 15.5.